The maximum atomic E-state index is 12.4. The van der Waals surface area contributed by atoms with Crippen molar-refractivity contribution in [2.24, 2.45) is 0 Å². The zero-order valence-corrected chi connectivity index (χ0v) is 10.3. The Balaban J connectivity index is 3.01. The lowest BCUT2D eigenvalue weighted by molar-refractivity contribution is 0.353. The van der Waals surface area contributed by atoms with E-state index in [1.165, 1.54) is 0 Å². The van der Waals surface area contributed by atoms with Crippen LogP contribution in [0.2, 0.25) is 0 Å². The van der Waals surface area contributed by atoms with Crippen molar-refractivity contribution >= 4 is 23.3 Å². The van der Waals surface area contributed by atoms with Gasteiger partial charge in [-0.25, -0.2) is 0 Å². The first-order valence-electron chi connectivity index (χ1n) is 4.56. The summed E-state index contributed by atoms with van der Waals surface area (Å²) in [5.41, 5.74) is 2.59. The van der Waals surface area contributed by atoms with Gasteiger partial charge in [-0.3, -0.25) is 4.57 Å². The van der Waals surface area contributed by atoms with Gasteiger partial charge >= 0.3 is 0 Å². The van der Waals surface area contributed by atoms with Crippen molar-refractivity contribution in [2.45, 2.75) is 6.92 Å². The highest BCUT2D eigenvalue weighted by Crippen LogP contribution is 2.58. The molecule has 15 heavy (non-hydrogen) atoms. The second-order valence-corrected chi connectivity index (χ2v) is 6.97. The van der Waals surface area contributed by atoms with Crippen molar-refractivity contribution in [3.63, 3.8) is 0 Å². The van der Waals surface area contributed by atoms with Crippen LogP contribution in [0.1, 0.15) is 6.92 Å². The van der Waals surface area contributed by atoms with Crippen molar-refractivity contribution in [1.82, 2.24) is 0 Å². The number of hydrogen-bond donors (Lipinski definition) is 0. The molecule has 0 aromatic heterocycles. The van der Waals surface area contributed by atoms with Gasteiger partial charge in [0.1, 0.15) is 0 Å². The molecule has 1 rings (SSSR count). The van der Waals surface area contributed by atoms with Gasteiger partial charge in [-0.15, -0.1) is 5.73 Å². The molecule has 1 aromatic carbocycles. The molecule has 0 saturated heterocycles. The summed E-state index contributed by atoms with van der Waals surface area (Å²) in [4.78, 5) is 0. The molecule has 0 N–H and O–H groups in total. The van der Waals surface area contributed by atoms with Gasteiger partial charge in [0.05, 0.1) is 6.61 Å². The Morgan fingerprint density at radius 2 is 2.20 bits per heavy atom. The third-order valence-electron chi connectivity index (χ3n) is 1.65. The molecule has 0 aliphatic rings. The normalized spacial score (nSPS) is 13.9. The molecule has 0 amide bonds. The lowest BCUT2D eigenvalue weighted by Gasteiger charge is -2.14. The molecule has 1 aromatic rings. The second kappa shape index (κ2) is 5.99. The van der Waals surface area contributed by atoms with E-state index in [0.29, 0.717) is 11.9 Å². The summed E-state index contributed by atoms with van der Waals surface area (Å²) in [7, 11) is 0. The molecule has 4 heteroatoms. The zero-order chi connectivity index (χ0) is 11.1. The SMILES string of the molecule is C=C=CSP(=O)(OCC)c1ccccc1. The monoisotopic (exact) mass is 240 g/mol. The maximum Gasteiger partial charge on any atom is 0.291 e. The van der Waals surface area contributed by atoms with E-state index in [4.69, 9.17) is 4.52 Å². The zero-order valence-electron chi connectivity index (χ0n) is 8.55. The van der Waals surface area contributed by atoms with E-state index in [0.717, 1.165) is 11.4 Å². The van der Waals surface area contributed by atoms with Gasteiger partial charge in [0.25, 0.3) is 6.57 Å². The lowest BCUT2D eigenvalue weighted by Crippen LogP contribution is -2.03. The van der Waals surface area contributed by atoms with Crippen molar-refractivity contribution in [2.75, 3.05) is 6.61 Å². The Morgan fingerprint density at radius 3 is 2.73 bits per heavy atom. The minimum atomic E-state index is -2.83. The van der Waals surface area contributed by atoms with Gasteiger partial charge < -0.3 is 4.52 Å². The molecule has 0 spiro atoms. The summed E-state index contributed by atoms with van der Waals surface area (Å²) in [5.74, 6) is 0. The highest BCUT2D eigenvalue weighted by atomic mass is 32.7. The molecule has 0 radical (unpaired) electrons. The number of hydrogen-bond acceptors (Lipinski definition) is 3. The molecule has 0 bridgehead atoms. The van der Waals surface area contributed by atoms with E-state index in [9.17, 15) is 4.57 Å². The molecule has 0 aliphatic heterocycles. The molecule has 80 valence electrons. The molecule has 0 aliphatic carbocycles. The Labute approximate surface area is 94.2 Å². The average Bonchev–Trinajstić information content (AvgIpc) is 2.28. The van der Waals surface area contributed by atoms with Crippen LogP contribution < -0.4 is 5.30 Å². The van der Waals surface area contributed by atoms with Crippen LogP contribution in [-0.2, 0) is 9.09 Å². The smallest absolute Gasteiger partial charge is 0.291 e. The molecule has 2 nitrogen and oxygen atoms in total. The van der Waals surface area contributed by atoms with Crippen molar-refractivity contribution in [1.29, 1.82) is 0 Å². The lowest BCUT2D eigenvalue weighted by atomic mass is 10.4. The van der Waals surface area contributed by atoms with Crippen LogP contribution in [0.5, 0.6) is 0 Å². The Morgan fingerprint density at radius 1 is 1.53 bits per heavy atom. The van der Waals surface area contributed by atoms with Crippen LogP contribution in [0.15, 0.2) is 48.1 Å². The van der Waals surface area contributed by atoms with Gasteiger partial charge in [0.15, 0.2) is 0 Å². The fourth-order valence-electron chi connectivity index (χ4n) is 1.05. The Hall–Kier alpha value is -0.720. The molecular weight excluding hydrogens is 227 g/mol. The molecule has 0 fully saturated rings. The summed E-state index contributed by atoms with van der Waals surface area (Å²) < 4.78 is 17.8. The van der Waals surface area contributed by atoms with Crippen molar-refractivity contribution in [3.05, 3.63) is 48.1 Å². The van der Waals surface area contributed by atoms with E-state index in [-0.39, 0.29) is 0 Å². The second-order valence-electron chi connectivity index (χ2n) is 2.68. The first-order valence-corrected chi connectivity index (χ1v) is 7.67. The fourth-order valence-corrected chi connectivity index (χ4v) is 4.34. The van der Waals surface area contributed by atoms with Crippen LogP contribution in [-0.4, -0.2) is 6.61 Å². The average molecular weight is 240 g/mol. The largest absolute Gasteiger partial charge is 0.318 e. The highest BCUT2D eigenvalue weighted by Gasteiger charge is 2.24. The standard InChI is InChI=1S/C11H13O2PS/c1-3-10-15-14(12,13-4-2)11-8-6-5-7-9-11/h5-10H,1,4H2,2H3. The number of benzene rings is 1. The maximum absolute atomic E-state index is 12.4. The Bertz CT molecular complexity index is 396. The van der Waals surface area contributed by atoms with E-state index >= 15 is 0 Å². The minimum Gasteiger partial charge on any atom is -0.318 e. The van der Waals surface area contributed by atoms with Gasteiger partial charge in [0.2, 0.25) is 0 Å². The van der Waals surface area contributed by atoms with Gasteiger partial charge in [-0.1, -0.05) is 24.8 Å². The number of rotatable bonds is 5. The molecule has 0 heterocycles. The van der Waals surface area contributed by atoms with E-state index < -0.39 is 6.57 Å². The summed E-state index contributed by atoms with van der Waals surface area (Å²) in [6.07, 6.45) is 0. The van der Waals surface area contributed by atoms with Gasteiger partial charge in [-0.2, -0.15) is 0 Å². The van der Waals surface area contributed by atoms with Crippen LogP contribution >= 0.6 is 18.0 Å². The topological polar surface area (TPSA) is 26.3 Å². The predicted octanol–water partition coefficient (Wildman–Crippen LogP) is 3.57. The third-order valence-corrected chi connectivity index (χ3v) is 5.82. The van der Waals surface area contributed by atoms with Gasteiger partial charge in [0, 0.05) is 10.7 Å². The molecular formula is C11H13O2PS. The van der Waals surface area contributed by atoms with E-state index in [1.807, 2.05) is 25.1 Å². The van der Waals surface area contributed by atoms with Crippen LogP contribution in [0, 0.1) is 0 Å². The predicted molar refractivity (Wildman–Crippen MR) is 66.6 cm³/mol. The third kappa shape index (κ3) is 3.40. The highest BCUT2D eigenvalue weighted by molar-refractivity contribution is 8.60. The summed E-state index contributed by atoms with van der Waals surface area (Å²) in [6.45, 7) is 2.86. The van der Waals surface area contributed by atoms with Crippen LogP contribution in [0.4, 0.5) is 0 Å². The fraction of sp³-hybridized carbons (Fsp3) is 0.182. The van der Waals surface area contributed by atoms with E-state index in [2.05, 4.69) is 12.3 Å². The molecule has 1 atom stereocenters. The van der Waals surface area contributed by atoms with Crippen LogP contribution in [0.25, 0.3) is 0 Å². The molecule has 0 saturated carbocycles. The van der Waals surface area contributed by atoms with Crippen LogP contribution in [0.3, 0.4) is 0 Å². The first kappa shape index (κ1) is 12.4. The first-order chi connectivity index (χ1) is 7.23. The summed E-state index contributed by atoms with van der Waals surface area (Å²) in [6, 6.07) is 9.19. The minimum absolute atomic E-state index is 0.421. The van der Waals surface area contributed by atoms with E-state index in [1.54, 1.807) is 17.5 Å². The molecule has 1 unspecified atom stereocenters. The van der Waals surface area contributed by atoms with Crippen molar-refractivity contribution < 1.29 is 9.09 Å². The quantitative estimate of drug-likeness (QED) is 0.581. The summed E-state index contributed by atoms with van der Waals surface area (Å²) in [5, 5.41) is 2.28. The summed E-state index contributed by atoms with van der Waals surface area (Å²) >= 11 is 1.14. The van der Waals surface area contributed by atoms with Crippen molar-refractivity contribution in [3.8, 4) is 0 Å². The Kier molecular flexibility index (Phi) is 4.93. The van der Waals surface area contributed by atoms with Gasteiger partial charge in [-0.05, 0) is 30.4 Å².